The molecular weight excluding hydrogens is 396 g/mol. The molecule has 0 fully saturated rings. The first-order valence-electron chi connectivity index (χ1n) is 9.55. The van der Waals surface area contributed by atoms with Gasteiger partial charge in [0.2, 0.25) is 5.91 Å². The Hall–Kier alpha value is -2.04. The van der Waals surface area contributed by atoms with Gasteiger partial charge in [0.25, 0.3) is 0 Å². The average Bonchev–Trinajstić information content (AvgIpc) is 3.16. The molecule has 160 valence electrons. The number of carbonyl (C=O) groups is 2. The number of phenolic OH excluding ortho intramolecular Hbond substituents is 1. The number of nitrogens with one attached hydrogen (secondary N) is 1. The van der Waals surface area contributed by atoms with Gasteiger partial charge in [0.05, 0.1) is 39.6 Å². The topological polar surface area (TPSA) is 120 Å². The van der Waals surface area contributed by atoms with E-state index in [0.717, 1.165) is 15.9 Å². The van der Waals surface area contributed by atoms with Crippen molar-refractivity contribution in [3.8, 4) is 5.75 Å². The number of benzene rings is 1. The summed E-state index contributed by atoms with van der Waals surface area (Å²) in [7, 11) is 0. The highest BCUT2D eigenvalue weighted by molar-refractivity contribution is 7.19. The van der Waals surface area contributed by atoms with Crippen molar-refractivity contribution in [3.63, 3.8) is 0 Å². The molecule has 0 saturated carbocycles. The van der Waals surface area contributed by atoms with Crippen LogP contribution in [0.2, 0.25) is 0 Å². The van der Waals surface area contributed by atoms with Gasteiger partial charge in [-0.1, -0.05) is 0 Å². The number of rotatable bonds is 15. The van der Waals surface area contributed by atoms with E-state index >= 15 is 0 Å². The van der Waals surface area contributed by atoms with Gasteiger partial charge in [-0.2, -0.15) is 0 Å². The zero-order valence-electron chi connectivity index (χ0n) is 16.4. The molecule has 1 aromatic heterocycles. The molecule has 0 atom stereocenters. The largest absolute Gasteiger partial charge is 0.507 e. The van der Waals surface area contributed by atoms with Gasteiger partial charge in [-0.25, -0.2) is 0 Å². The third-order valence-corrected chi connectivity index (χ3v) is 5.29. The molecule has 0 aliphatic heterocycles. The standard InChI is InChI=1S/C20H28N2O6S/c21-5-7-26-9-11-28-12-10-27-8-6-22-19(25)4-2-16-13-17-18(24)3-1-15(14-23)20(17)29-16/h1,3,13-14,24H,2,4-12,21H2,(H,22,25). The fraction of sp³-hybridized carbons (Fsp3) is 0.500. The fourth-order valence-electron chi connectivity index (χ4n) is 2.61. The predicted octanol–water partition coefficient (Wildman–Crippen LogP) is 1.48. The number of aromatic hydroxyl groups is 1. The van der Waals surface area contributed by atoms with Gasteiger partial charge >= 0.3 is 0 Å². The number of hydrogen-bond donors (Lipinski definition) is 3. The maximum atomic E-state index is 12.0. The molecule has 1 heterocycles. The van der Waals surface area contributed by atoms with Crippen molar-refractivity contribution in [1.29, 1.82) is 0 Å². The lowest BCUT2D eigenvalue weighted by atomic mass is 10.1. The van der Waals surface area contributed by atoms with Crippen LogP contribution in [0.15, 0.2) is 18.2 Å². The number of carbonyl (C=O) groups excluding carboxylic acids is 2. The Labute approximate surface area is 173 Å². The Balaban J connectivity index is 1.57. The molecule has 29 heavy (non-hydrogen) atoms. The first-order valence-corrected chi connectivity index (χ1v) is 10.4. The highest BCUT2D eigenvalue weighted by Gasteiger charge is 2.11. The summed E-state index contributed by atoms with van der Waals surface area (Å²) >= 11 is 1.43. The molecule has 0 aliphatic carbocycles. The van der Waals surface area contributed by atoms with Crippen molar-refractivity contribution in [3.05, 3.63) is 28.6 Å². The second kappa shape index (κ2) is 13.2. The number of fused-ring (bicyclic) bond motifs is 1. The second-order valence-corrected chi connectivity index (χ2v) is 7.36. The van der Waals surface area contributed by atoms with E-state index in [-0.39, 0.29) is 11.7 Å². The zero-order valence-corrected chi connectivity index (χ0v) is 17.2. The van der Waals surface area contributed by atoms with Gasteiger partial charge in [-0.3, -0.25) is 9.59 Å². The molecule has 2 aromatic rings. The molecule has 8 nitrogen and oxygen atoms in total. The number of thiophene rings is 1. The quantitative estimate of drug-likeness (QED) is 0.292. The van der Waals surface area contributed by atoms with E-state index in [9.17, 15) is 14.7 Å². The van der Waals surface area contributed by atoms with Crippen molar-refractivity contribution in [2.75, 3.05) is 52.7 Å². The normalized spacial score (nSPS) is 11.1. The number of phenols is 1. The van der Waals surface area contributed by atoms with Gasteiger partial charge in [0, 0.05) is 40.0 Å². The Morgan fingerprint density at radius 2 is 1.79 bits per heavy atom. The van der Waals surface area contributed by atoms with Crippen LogP contribution in [0.4, 0.5) is 0 Å². The molecule has 9 heteroatoms. The summed E-state index contributed by atoms with van der Waals surface area (Å²) in [5.41, 5.74) is 5.85. The summed E-state index contributed by atoms with van der Waals surface area (Å²) in [6, 6.07) is 4.94. The number of aldehydes is 1. The van der Waals surface area contributed by atoms with Crippen LogP contribution in [0, 0.1) is 0 Å². The molecule has 0 aliphatic rings. The second-order valence-electron chi connectivity index (χ2n) is 6.22. The third-order valence-electron chi connectivity index (χ3n) is 4.04. The van der Waals surface area contributed by atoms with E-state index in [1.165, 1.54) is 17.4 Å². The molecule has 4 N–H and O–H groups in total. The van der Waals surface area contributed by atoms with Gasteiger partial charge in [-0.15, -0.1) is 11.3 Å². The van der Waals surface area contributed by atoms with E-state index in [1.807, 2.05) is 6.07 Å². The van der Waals surface area contributed by atoms with Crippen molar-refractivity contribution >= 4 is 33.6 Å². The molecule has 2 rings (SSSR count). The summed E-state index contributed by atoms with van der Waals surface area (Å²) in [6.45, 7) is 3.83. The highest BCUT2D eigenvalue weighted by atomic mass is 32.1. The van der Waals surface area contributed by atoms with E-state index in [1.54, 1.807) is 6.07 Å². The van der Waals surface area contributed by atoms with E-state index in [4.69, 9.17) is 19.9 Å². The summed E-state index contributed by atoms with van der Waals surface area (Å²) < 4.78 is 16.6. The molecule has 0 unspecified atom stereocenters. The van der Waals surface area contributed by atoms with Crippen LogP contribution in [-0.2, 0) is 25.4 Å². The molecule has 1 aromatic carbocycles. The highest BCUT2D eigenvalue weighted by Crippen LogP contribution is 2.34. The van der Waals surface area contributed by atoms with Crippen molar-refractivity contribution < 1.29 is 28.9 Å². The van der Waals surface area contributed by atoms with Crippen LogP contribution < -0.4 is 11.1 Å². The smallest absolute Gasteiger partial charge is 0.220 e. The Kier molecular flexibility index (Phi) is 10.6. The number of ether oxygens (including phenoxy) is 3. The lowest BCUT2D eigenvalue weighted by molar-refractivity contribution is -0.121. The molecular formula is C20H28N2O6S. The molecule has 0 radical (unpaired) electrons. The number of aryl methyl sites for hydroxylation is 1. The third kappa shape index (κ3) is 8.08. The van der Waals surface area contributed by atoms with Crippen molar-refractivity contribution in [2.45, 2.75) is 12.8 Å². The lowest BCUT2D eigenvalue weighted by Crippen LogP contribution is -2.27. The van der Waals surface area contributed by atoms with E-state index < -0.39 is 0 Å². The Morgan fingerprint density at radius 1 is 1.10 bits per heavy atom. The van der Waals surface area contributed by atoms with Crippen LogP contribution in [-0.4, -0.2) is 70.0 Å². The van der Waals surface area contributed by atoms with Crippen molar-refractivity contribution in [1.82, 2.24) is 5.32 Å². The van der Waals surface area contributed by atoms with Gasteiger partial charge in [0.1, 0.15) is 5.75 Å². The van der Waals surface area contributed by atoms with Crippen LogP contribution in [0.5, 0.6) is 5.75 Å². The summed E-state index contributed by atoms with van der Waals surface area (Å²) in [5, 5.41) is 13.4. The van der Waals surface area contributed by atoms with Gasteiger partial charge < -0.3 is 30.4 Å². The molecule has 0 spiro atoms. The first-order chi connectivity index (χ1) is 14.2. The van der Waals surface area contributed by atoms with Crippen molar-refractivity contribution in [2.24, 2.45) is 5.73 Å². The van der Waals surface area contributed by atoms with Crippen LogP contribution >= 0.6 is 11.3 Å². The number of amides is 1. The van der Waals surface area contributed by atoms with E-state index in [2.05, 4.69) is 5.32 Å². The Morgan fingerprint density at radius 3 is 2.48 bits per heavy atom. The lowest BCUT2D eigenvalue weighted by Gasteiger charge is -2.07. The number of nitrogens with two attached hydrogens (primary N) is 1. The SMILES string of the molecule is NCCOCCOCCOCCNC(=O)CCc1cc2c(O)ccc(C=O)c2s1. The maximum Gasteiger partial charge on any atom is 0.220 e. The molecule has 0 saturated heterocycles. The maximum absolute atomic E-state index is 12.0. The Bertz CT molecular complexity index is 780. The van der Waals surface area contributed by atoms with Gasteiger partial charge in [-0.05, 0) is 24.6 Å². The van der Waals surface area contributed by atoms with Gasteiger partial charge in [0.15, 0.2) is 6.29 Å². The van der Waals surface area contributed by atoms with Crippen LogP contribution in [0.25, 0.3) is 10.1 Å². The molecule has 0 bridgehead atoms. The number of hydrogen-bond acceptors (Lipinski definition) is 8. The summed E-state index contributed by atoms with van der Waals surface area (Å²) in [4.78, 5) is 24.0. The zero-order chi connectivity index (χ0) is 20.9. The minimum absolute atomic E-state index is 0.0702. The predicted molar refractivity (Wildman–Crippen MR) is 112 cm³/mol. The summed E-state index contributed by atoms with van der Waals surface area (Å²) in [6.07, 6.45) is 1.65. The monoisotopic (exact) mass is 424 g/mol. The average molecular weight is 425 g/mol. The van der Waals surface area contributed by atoms with Crippen LogP contribution in [0.1, 0.15) is 21.7 Å². The summed E-state index contributed by atoms with van der Waals surface area (Å²) in [5.74, 6) is 0.0703. The minimum Gasteiger partial charge on any atom is -0.507 e. The molecule has 1 amide bonds. The van der Waals surface area contributed by atoms with Crippen LogP contribution in [0.3, 0.4) is 0 Å². The van der Waals surface area contributed by atoms with E-state index in [0.29, 0.717) is 76.5 Å². The minimum atomic E-state index is -0.0702. The fourth-order valence-corrected chi connectivity index (χ4v) is 3.76. The first kappa shape index (κ1) is 23.2.